The minimum absolute atomic E-state index is 0.373. The number of hydrogen-bond donors (Lipinski definition) is 0. The predicted octanol–water partition coefficient (Wildman–Crippen LogP) is 3.81. The number of aromatic nitrogens is 3. The van der Waals surface area contributed by atoms with Crippen LogP contribution in [0, 0.1) is 0 Å². The molecule has 1 aromatic carbocycles. The summed E-state index contributed by atoms with van der Waals surface area (Å²) < 4.78 is 51.0. The molecule has 0 amide bonds. The number of fused-ring (bicyclic) bond motifs is 2. The lowest BCUT2D eigenvalue weighted by atomic mass is 10.2. The van der Waals surface area contributed by atoms with Crippen molar-refractivity contribution in [1.29, 1.82) is 0 Å². The largest absolute Gasteiger partial charge is 0.486 e. The van der Waals surface area contributed by atoms with Crippen molar-refractivity contribution in [2.75, 3.05) is 13.2 Å². The minimum Gasteiger partial charge on any atom is -0.486 e. The molecule has 0 bridgehead atoms. The molecule has 0 saturated carbocycles. The molecule has 0 atom stereocenters. The normalized spacial score (nSPS) is 14.0. The standard InChI is InChI=1S/C16H12F3N3O2S/c17-16(18,19)11-2-4-14-20-21-15(22(14)8-11)25-9-10-1-3-12-13(7-10)24-6-5-23-12/h1-4,7-8H,5-6,9H2. The molecule has 130 valence electrons. The highest BCUT2D eigenvalue weighted by Crippen LogP contribution is 2.33. The Morgan fingerprint density at radius 2 is 1.84 bits per heavy atom. The number of thioether (sulfide) groups is 1. The van der Waals surface area contributed by atoms with Crippen LogP contribution >= 0.6 is 11.8 Å². The Hall–Kier alpha value is -2.42. The Kier molecular flexibility index (Phi) is 3.95. The average molecular weight is 367 g/mol. The quantitative estimate of drug-likeness (QED) is 0.659. The molecule has 0 spiro atoms. The molecule has 9 heteroatoms. The third-order valence-electron chi connectivity index (χ3n) is 3.67. The van der Waals surface area contributed by atoms with Crippen LogP contribution in [0.3, 0.4) is 0 Å². The lowest BCUT2D eigenvalue weighted by Crippen LogP contribution is -2.15. The van der Waals surface area contributed by atoms with Gasteiger partial charge in [0, 0.05) is 11.9 Å². The van der Waals surface area contributed by atoms with Crippen molar-refractivity contribution in [2.24, 2.45) is 0 Å². The fourth-order valence-corrected chi connectivity index (χ4v) is 3.32. The molecule has 0 aliphatic carbocycles. The third kappa shape index (κ3) is 3.23. The number of halogens is 3. The maximum atomic E-state index is 12.9. The first-order valence-electron chi connectivity index (χ1n) is 7.44. The molecule has 4 rings (SSSR count). The highest BCUT2D eigenvalue weighted by molar-refractivity contribution is 7.98. The zero-order valence-electron chi connectivity index (χ0n) is 12.8. The maximum Gasteiger partial charge on any atom is 0.417 e. The number of rotatable bonds is 3. The van der Waals surface area contributed by atoms with Crippen LogP contribution in [0.5, 0.6) is 11.5 Å². The van der Waals surface area contributed by atoms with Crippen molar-refractivity contribution in [2.45, 2.75) is 17.1 Å². The van der Waals surface area contributed by atoms with Crippen LogP contribution in [0.1, 0.15) is 11.1 Å². The topological polar surface area (TPSA) is 48.7 Å². The molecule has 1 aliphatic rings. The van der Waals surface area contributed by atoms with E-state index in [4.69, 9.17) is 9.47 Å². The van der Waals surface area contributed by atoms with Gasteiger partial charge in [0.2, 0.25) is 0 Å². The van der Waals surface area contributed by atoms with Crippen LogP contribution in [0.25, 0.3) is 5.65 Å². The van der Waals surface area contributed by atoms with Gasteiger partial charge in [-0.1, -0.05) is 17.8 Å². The molecule has 0 N–H and O–H groups in total. The van der Waals surface area contributed by atoms with E-state index in [2.05, 4.69) is 10.2 Å². The zero-order chi connectivity index (χ0) is 17.4. The number of benzene rings is 1. The van der Waals surface area contributed by atoms with E-state index in [1.807, 2.05) is 18.2 Å². The molecule has 25 heavy (non-hydrogen) atoms. The van der Waals surface area contributed by atoms with E-state index in [9.17, 15) is 13.2 Å². The first-order chi connectivity index (χ1) is 12.0. The molecule has 3 heterocycles. The molecule has 3 aromatic rings. The van der Waals surface area contributed by atoms with E-state index in [0.29, 0.717) is 41.3 Å². The van der Waals surface area contributed by atoms with E-state index in [1.165, 1.54) is 22.2 Å². The number of pyridine rings is 1. The lowest BCUT2D eigenvalue weighted by molar-refractivity contribution is -0.137. The summed E-state index contributed by atoms with van der Waals surface area (Å²) >= 11 is 1.31. The van der Waals surface area contributed by atoms with Gasteiger partial charge in [0.15, 0.2) is 22.3 Å². The number of alkyl halides is 3. The van der Waals surface area contributed by atoms with Crippen molar-refractivity contribution >= 4 is 17.4 Å². The van der Waals surface area contributed by atoms with Crippen molar-refractivity contribution < 1.29 is 22.6 Å². The summed E-state index contributed by atoms with van der Waals surface area (Å²) in [5.41, 5.74) is 0.594. The molecular formula is C16H12F3N3O2S. The smallest absolute Gasteiger partial charge is 0.417 e. The van der Waals surface area contributed by atoms with Gasteiger partial charge >= 0.3 is 6.18 Å². The Bertz CT molecular complexity index is 927. The average Bonchev–Trinajstić information content (AvgIpc) is 3.01. The second-order valence-electron chi connectivity index (χ2n) is 5.39. The van der Waals surface area contributed by atoms with Crippen molar-refractivity contribution in [3.05, 3.63) is 47.7 Å². The second kappa shape index (κ2) is 6.14. The maximum absolute atomic E-state index is 12.9. The van der Waals surface area contributed by atoms with Gasteiger partial charge in [-0.2, -0.15) is 13.2 Å². The van der Waals surface area contributed by atoms with Crippen LogP contribution in [0.4, 0.5) is 13.2 Å². The van der Waals surface area contributed by atoms with Crippen LogP contribution < -0.4 is 9.47 Å². The number of hydrogen-bond acceptors (Lipinski definition) is 5. The van der Waals surface area contributed by atoms with Crippen molar-refractivity contribution in [3.8, 4) is 11.5 Å². The van der Waals surface area contributed by atoms with Gasteiger partial charge in [0.1, 0.15) is 13.2 Å². The fourth-order valence-electron chi connectivity index (χ4n) is 2.46. The monoisotopic (exact) mass is 367 g/mol. The summed E-state index contributed by atoms with van der Waals surface area (Å²) in [4.78, 5) is 0. The molecule has 0 saturated heterocycles. The van der Waals surface area contributed by atoms with Crippen molar-refractivity contribution in [3.63, 3.8) is 0 Å². The highest BCUT2D eigenvalue weighted by Gasteiger charge is 2.31. The summed E-state index contributed by atoms with van der Waals surface area (Å²) in [6, 6.07) is 7.90. The van der Waals surface area contributed by atoms with Gasteiger partial charge in [-0.05, 0) is 29.8 Å². The van der Waals surface area contributed by atoms with Gasteiger partial charge in [0.25, 0.3) is 0 Å². The zero-order valence-corrected chi connectivity index (χ0v) is 13.6. The van der Waals surface area contributed by atoms with Crippen LogP contribution in [-0.4, -0.2) is 27.8 Å². The van der Waals surface area contributed by atoms with Crippen molar-refractivity contribution in [1.82, 2.24) is 14.6 Å². The minimum atomic E-state index is -4.41. The molecule has 0 fully saturated rings. The van der Waals surface area contributed by atoms with E-state index in [0.717, 1.165) is 17.8 Å². The second-order valence-corrected chi connectivity index (χ2v) is 6.34. The summed E-state index contributed by atoms with van der Waals surface area (Å²) in [5.74, 6) is 1.89. The van der Waals surface area contributed by atoms with E-state index < -0.39 is 11.7 Å². The lowest BCUT2D eigenvalue weighted by Gasteiger charge is -2.18. The Morgan fingerprint density at radius 3 is 2.64 bits per heavy atom. The van der Waals surface area contributed by atoms with Gasteiger partial charge < -0.3 is 9.47 Å². The van der Waals surface area contributed by atoms with E-state index in [-0.39, 0.29) is 0 Å². The highest BCUT2D eigenvalue weighted by atomic mass is 32.2. The van der Waals surface area contributed by atoms with Gasteiger partial charge in [-0.3, -0.25) is 4.40 Å². The Labute approximate surface area is 144 Å². The fraction of sp³-hybridized carbons (Fsp3) is 0.250. The number of ether oxygens (including phenoxy) is 2. The first-order valence-corrected chi connectivity index (χ1v) is 8.42. The molecule has 0 radical (unpaired) electrons. The van der Waals surface area contributed by atoms with Crippen LogP contribution in [-0.2, 0) is 11.9 Å². The first kappa shape index (κ1) is 16.1. The van der Waals surface area contributed by atoms with Gasteiger partial charge in [-0.25, -0.2) is 0 Å². The molecule has 1 aliphatic heterocycles. The summed E-state index contributed by atoms with van der Waals surface area (Å²) in [7, 11) is 0. The van der Waals surface area contributed by atoms with Crippen LogP contribution in [0.2, 0.25) is 0 Å². The third-order valence-corrected chi connectivity index (χ3v) is 4.69. The van der Waals surface area contributed by atoms with Crippen LogP contribution in [0.15, 0.2) is 41.7 Å². The van der Waals surface area contributed by atoms with Gasteiger partial charge in [-0.15, -0.1) is 10.2 Å². The van der Waals surface area contributed by atoms with Gasteiger partial charge in [0.05, 0.1) is 5.56 Å². The van der Waals surface area contributed by atoms with E-state index >= 15 is 0 Å². The molecular weight excluding hydrogens is 355 g/mol. The summed E-state index contributed by atoms with van der Waals surface area (Å²) in [5, 5.41) is 8.28. The molecule has 2 aromatic heterocycles. The predicted molar refractivity (Wildman–Crippen MR) is 85.0 cm³/mol. The summed E-state index contributed by atoms with van der Waals surface area (Å²) in [6.07, 6.45) is -3.39. The molecule has 5 nitrogen and oxygen atoms in total. The Balaban J connectivity index is 1.56. The summed E-state index contributed by atoms with van der Waals surface area (Å²) in [6.45, 7) is 1.02. The number of nitrogens with zero attached hydrogens (tertiary/aromatic N) is 3. The molecule has 0 unspecified atom stereocenters. The van der Waals surface area contributed by atoms with E-state index in [1.54, 1.807) is 0 Å². The SMILES string of the molecule is FC(F)(F)c1ccc2nnc(SCc3ccc4c(c3)OCCO4)n2c1. The Morgan fingerprint density at radius 1 is 1.04 bits per heavy atom.